The lowest BCUT2D eigenvalue weighted by Crippen LogP contribution is -2.34. The van der Waals surface area contributed by atoms with Gasteiger partial charge in [0.05, 0.1) is 6.54 Å². The van der Waals surface area contributed by atoms with Crippen LogP contribution in [-0.2, 0) is 23.9 Å². The monoisotopic (exact) mass is 342 g/mol. The summed E-state index contributed by atoms with van der Waals surface area (Å²) >= 11 is 0. The fourth-order valence-corrected chi connectivity index (χ4v) is 2.77. The normalized spacial score (nSPS) is 17.5. The first-order valence-electron chi connectivity index (χ1n) is 7.20. The number of carboxylic acids is 1. The second kappa shape index (κ2) is 5.77. The third-order valence-electron chi connectivity index (χ3n) is 3.86. The number of alkyl halides is 3. The Kier molecular flexibility index (Phi) is 3.90. The minimum atomic E-state index is -4.58. The fourth-order valence-electron chi connectivity index (χ4n) is 2.77. The Hall–Kier alpha value is -2.65. The zero-order valence-corrected chi connectivity index (χ0v) is 12.3. The number of fused-ring (bicyclic) bond motifs is 1. The van der Waals surface area contributed by atoms with E-state index in [1.807, 2.05) is 0 Å². The summed E-state index contributed by atoms with van der Waals surface area (Å²) in [5, 5.41) is 13.3. The van der Waals surface area contributed by atoms with Crippen LogP contribution in [-0.4, -0.2) is 30.4 Å². The van der Waals surface area contributed by atoms with E-state index in [0.717, 1.165) is 21.5 Å². The maximum atomic E-state index is 12.7. The van der Waals surface area contributed by atoms with Gasteiger partial charge in [-0.05, 0) is 30.5 Å². The van der Waals surface area contributed by atoms with Gasteiger partial charge in [0.2, 0.25) is 0 Å². The molecule has 0 aromatic carbocycles. The molecule has 0 spiro atoms. The van der Waals surface area contributed by atoms with Crippen LogP contribution in [0.25, 0.3) is 0 Å². The van der Waals surface area contributed by atoms with Gasteiger partial charge in [0.25, 0.3) is 0 Å². The van der Waals surface area contributed by atoms with E-state index in [0.29, 0.717) is 25.1 Å². The van der Waals surface area contributed by atoms with Crippen molar-refractivity contribution in [1.29, 1.82) is 0 Å². The number of carbonyl (C=O) groups is 1. The van der Waals surface area contributed by atoms with Gasteiger partial charge in [-0.25, -0.2) is 14.3 Å². The van der Waals surface area contributed by atoms with Crippen molar-refractivity contribution in [3.05, 3.63) is 45.9 Å². The van der Waals surface area contributed by atoms with E-state index in [4.69, 9.17) is 0 Å². The quantitative estimate of drug-likeness (QED) is 0.912. The molecule has 2 aromatic heterocycles. The highest BCUT2D eigenvalue weighted by atomic mass is 19.4. The number of rotatable bonds is 3. The van der Waals surface area contributed by atoms with Crippen LogP contribution in [0.4, 0.5) is 13.2 Å². The molecule has 128 valence electrons. The molecule has 7 nitrogen and oxygen atoms in total. The first kappa shape index (κ1) is 16.2. The molecule has 0 saturated carbocycles. The van der Waals surface area contributed by atoms with Gasteiger partial charge >= 0.3 is 17.8 Å². The first-order valence-corrected chi connectivity index (χ1v) is 7.20. The summed E-state index contributed by atoms with van der Waals surface area (Å²) in [6.45, 7) is -0.184. The van der Waals surface area contributed by atoms with Gasteiger partial charge in [-0.15, -0.1) is 0 Å². The average Bonchev–Trinajstić information content (AvgIpc) is 2.83. The van der Waals surface area contributed by atoms with E-state index >= 15 is 0 Å². The number of nitrogens with zero attached hydrogens (tertiary/aromatic N) is 4. The summed E-state index contributed by atoms with van der Waals surface area (Å²) in [6, 6.07) is 1.21. The summed E-state index contributed by atoms with van der Waals surface area (Å²) in [7, 11) is 0. The largest absolute Gasteiger partial charge is 0.480 e. The molecule has 3 rings (SSSR count). The molecule has 2 aromatic rings. The lowest BCUT2D eigenvalue weighted by atomic mass is 10.1. The molecule has 1 atom stereocenters. The van der Waals surface area contributed by atoms with Gasteiger partial charge in [0, 0.05) is 12.6 Å². The standard InChI is InChI=1S/C14H13F3N4O3/c15-14(16,17)10-6-8(4-5-18-10)7-20-13(24)21-9(12(22)23)2-1-3-11(21)19-20/h4-6,9H,1-3,7H2,(H,22,23)/t9-/m0/s1. The molecule has 0 fully saturated rings. The van der Waals surface area contributed by atoms with Crippen LogP contribution >= 0.6 is 0 Å². The van der Waals surface area contributed by atoms with E-state index in [9.17, 15) is 27.9 Å². The highest BCUT2D eigenvalue weighted by Gasteiger charge is 2.33. The molecule has 0 radical (unpaired) electrons. The van der Waals surface area contributed by atoms with Crippen molar-refractivity contribution in [3.8, 4) is 0 Å². The summed E-state index contributed by atoms with van der Waals surface area (Å²) in [4.78, 5) is 26.9. The van der Waals surface area contributed by atoms with E-state index in [1.54, 1.807) is 0 Å². The van der Waals surface area contributed by atoms with Crippen LogP contribution in [0.5, 0.6) is 0 Å². The molecule has 0 saturated heterocycles. The van der Waals surface area contributed by atoms with Crippen LogP contribution in [0.15, 0.2) is 23.1 Å². The van der Waals surface area contributed by atoms with Crippen LogP contribution in [0.2, 0.25) is 0 Å². The zero-order valence-electron chi connectivity index (χ0n) is 12.3. The number of pyridine rings is 1. The Bertz CT molecular complexity index is 841. The molecule has 0 unspecified atom stereocenters. The van der Waals surface area contributed by atoms with Crippen molar-refractivity contribution in [2.24, 2.45) is 0 Å². The number of hydrogen-bond donors (Lipinski definition) is 1. The molecule has 1 N–H and O–H groups in total. The smallest absolute Gasteiger partial charge is 0.433 e. The van der Waals surface area contributed by atoms with E-state index < -0.39 is 29.6 Å². The number of hydrogen-bond acceptors (Lipinski definition) is 4. The molecular weight excluding hydrogens is 329 g/mol. The van der Waals surface area contributed by atoms with Crippen LogP contribution in [0.3, 0.4) is 0 Å². The summed E-state index contributed by atoms with van der Waals surface area (Å²) < 4.78 is 40.2. The van der Waals surface area contributed by atoms with Gasteiger partial charge < -0.3 is 5.11 Å². The zero-order chi connectivity index (χ0) is 17.5. The highest BCUT2D eigenvalue weighted by molar-refractivity contribution is 5.72. The lowest BCUT2D eigenvalue weighted by molar-refractivity contribution is -0.142. The maximum Gasteiger partial charge on any atom is 0.433 e. The SMILES string of the molecule is O=C(O)[C@@H]1CCCc2nn(Cc3ccnc(C(F)(F)F)c3)c(=O)n21. The Balaban J connectivity index is 1.95. The van der Waals surface area contributed by atoms with Crippen LogP contribution in [0, 0.1) is 0 Å². The maximum absolute atomic E-state index is 12.7. The Labute approximate surface area is 133 Å². The van der Waals surface area contributed by atoms with Gasteiger partial charge in [0.15, 0.2) is 0 Å². The minimum absolute atomic E-state index is 0.184. The first-order chi connectivity index (χ1) is 11.3. The minimum Gasteiger partial charge on any atom is -0.480 e. The lowest BCUT2D eigenvalue weighted by Gasteiger charge is -2.19. The van der Waals surface area contributed by atoms with E-state index in [2.05, 4.69) is 10.1 Å². The number of aryl methyl sites for hydroxylation is 1. The molecule has 0 bridgehead atoms. The molecular formula is C14H13F3N4O3. The third-order valence-corrected chi connectivity index (χ3v) is 3.86. The van der Waals surface area contributed by atoms with Gasteiger partial charge in [-0.1, -0.05) is 0 Å². The number of aliphatic carboxylic acids is 1. The number of halogens is 3. The van der Waals surface area contributed by atoms with Crippen molar-refractivity contribution < 1.29 is 23.1 Å². The van der Waals surface area contributed by atoms with Crippen molar-refractivity contribution >= 4 is 5.97 Å². The second-order valence-corrected chi connectivity index (χ2v) is 5.52. The van der Waals surface area contributed by atoms with Crippen molar-refractivity contribution in [2.75, 3.05) is 0 Å². The molecule has 3 heterocycles. The van der Waals surface area contributed by atoms with Gasteiger partial charge in [-0.3, -0.25) is 9.55 Å². The summed E-state index contributed by atoms with van der Waals surface area (Å²) in [5.74, 6) is -0.787. The molecule has 10 heteroatoms. The average molecular weight is 342 g/mol. The molecule has 1 aliphatic rings. The summed E-state index contributed by atoms with van der Waals surface area (Å²) in [5.41, 5.74) is -1.48. The van der Waals surface area contributed by atoms with Crippen LogP contribution < -0.4 is 5.69 Å². The van der Waals surface area contributed by atoms with Gasteiger partial charge in [-0.2, -0.15) is 18.3 Å². The predicted molar refractivity (Wildman–Crippen MR) is 74.4 cm³/mol. The second-order valence-electron chi connectivity index (χ2n) is 5.52. The Morgan fingerprint density at radius 1 is 1.42 bits per heavy atom. The van der Waals surface area contributed by atoms with Crippen molar-refractivity contribution in [2.45, 2.75) is 38.0 Å². The highest BCUT2D eigenvalue weighted by Crippen LogP contribution is 2.28. The number of aromatic nitrogens is 4. The summed E-state index contributed by atoms with van der Waals surface area (Å²) in [6.07, 6.45) is -2.21. The molecule has 0 amide bonds. The Morgan fingerprint density at radius 2 is 2.17 bits per heavy atom. The number of carboxylic acid groups (broad SMARTS) is 1. The van der Waals surface area contributed by atoms with Crippen molar-refractivity contribution in [1.82, 2.24) is 19.3 Å². The fraction of sp³-hybridized carbons (Fsp3) is 0.429. The van der Waals surface area contributed by atoms with Crippen LogP contribution in [0.1, 0.15) is 36.0 Å². The third kappa shape index (κ3) is 2.91. The Morgan fingerprint density at radius 3 is 2.83 bits per heavy atom. The van der Waals surface area contributed by atoms with E-state index in [1.165, 1.54) is 6.07 Å². The van der Waals surface area contributed by atoms with Gasteiger partial charge in [0.1, 0.15) is 17.6 Å². The van der Waals surface area contributed by atoms with E-state index in [-0.39, 0.29) is 12.1 Å². The molecule has 1 aliphatic heterocycles. The van der Waals surface area contributed by atoms with Crippen molar-refractivity contribution in [3.63, 3.8) is 0 Å². The molecule has 0 aliphatic carbocycles. The topological polar surface area (TPSA) is 90.0 Å². The predicted octanol–water partition coefficient (Wildman–Crippen LogP) is 1.47. The molecule has 24 heavy (non-hydrogen) atoms.